The quantitative estimate of drug-likeness (QED) is 0.0252. The number of carbonyl (C=O) groups is 8. The number of carboxylic acid groups (broad SMARTS) is 2. The van der Waals surface area contributed by atoms with Gasteiger partial charge in [-0.2, -0.15) is 0 Å². The summed E-state index contributed by atoms with van der Waals surface area (Å²) in [4.78, 5) is 120. The highest BCUT2D eigenvalue weighted by Crippen LogP contribution is 2.19. The molecular weight excluding hydrogens is 831 g/mol. The Bertz CT molecular complexity index is 1820. The van der Waals surface area contributed by atoms with Crippen molar-refractivity contribution in [3.05, 3.63) is 36.4 Å². The average Bonchev–Trinajstić information content (AvgIpc) is 4.04. The zero-order valence-corrected chi connectivity index (χ0v) is 35.2. The van der Waals surface area contributed by atoms with Crippen molar-refractivity contribution in [2.24, 2.45) is 27.9 Å². The molecule has 350 valence electrons. The number of imidazole rings is 2. The summed E-state index contributed by atoms with van der Waals surface area (Å²) in [7, 11) is 0. The molecule has 0 radical (unpaired) electrons. The number of hydrogen-bond donors (Lipinski definition) is 14. The Balaban J connectivity index is 0.00000326. The summed E-state index contributed by atoms with van der Waals surface area (Å²) >= 11 is 0. The van der Waals surface area contributed by atoms with Crippen LogP contribution in [0.2, 0.25) is 0 Å². The van der Waals surface area contributed by atoms with Gasteiger partial charge in [-0.3, -0.25) is 38.6 Å². The molecule has 6 amide bonds. The van der Waals surface area contributed by atoms with Gasteiger partial charge in [-0.05, 0) is 58.4 Å². The number of unbranched alkanes of at least 4 members (excludes halogenated alkanes) is 1. The topological polar surface area (TPSA) is 434 Å². The number of aliphatic hydroxyl groups is 1. The number of nitrogens with two attached hydrogens (primary N) is 4. The molecule has 18 N–H and O–H groups in total. The van der Waals surface area contributed by atoms with Gasteiger partial charge in [0, 0.05) is 56.6 Å². The smallest absolute Gasteiger partial charge is 0.326 e. The maximum atomic E-state index is 13.7. The minimum atomic E-state index is -1.53. The Morgan fingerprint density at radius 1 is 0.810 bits per heavy atom. The number of aromatic amines is 2. The highest BCUT2D eigenvalue weighted by Gasteiger charge is 2.39. The number of hydrogen-bond acceptors (Lipinski definition) is 14. The summed E-state index contributed by atoms with van der Waals surface area (Å²) in [5.41, 5.74) is 23.5. The molecule has 3 rings (SSSR count). The number of aliphatic carboxylic acids is 2. The summed E-state index contributed by atoms with van der Waals surface area (Å²) < 4.78 is 0. The lowest BCUT2D eigenvalue weighted by Crippen LogP contribution is -2.60. The predicted octanol–water partition coefficient (Wildman–Crippen LogP) is -4.97. The summed E-state index contributed by atoms with van der Waals surface area (Å²) in [6.45, 7) is 2.10. The maximum Gasteiger partial charge on any atom is 0.326 e. The fraction of sp³-hybridized carbons (Fsp3) is 0.595. The van der Waals surface area contributed by atoms with Crippen LogP contribution in [0.3, 0.4) is 0 Å². The first kappa shape index (κ1) is 52.5. The summed E-state index contributed by atoms with van der Waals surface area (Å²) in [6, 6.07) is -8.62. The summed E-state index contributed by atoms with van der Waals surface area (Å²) in [5, 5.41) is 39.9. The zero-order valence-electron chi connectivity index (χ0n) is 35.2. The third kappa shape index (κ3) is 18.9. The van der Waals surface area contributed by atoms with E-state index in [2.05, 4.69) is 51.5 Å². The molecule has 1 saturated heterocycles. The third-order valence-corrected chi connectivity index (χ3v) is 9.47. The van der Waals surface area contributed by atoms with Crippen LogP contribution in [0.4, 0.5) is 0 Å². The normalized spacial score (nSPS) is 16.0. The Morgan fingerprint density at radius 3 is 1.94 bits per heavy atom. The minimum absolute atomic E-state index is 0.0213. The maximum absolute atomic E-state index is 13.7. The van der Waals surface area contributed by atoms with Crippen molar-refractivity contribution in [1.82, 2.24) is 51.4 Å². The number of carbonyl (C=O) groups excluding carboxylic acids is 6. The molecule has 26 nitrogen and oxygen atoms in total. The second kappa shape index (κ2) is 27.3. The zero-order chi connectivity index (χ0) is 47.1. The van der Waals surface area contributed by atoms with Crippen LogP contribution >= 0.6 is 0 Å². The van der Waals surface area contributed by atoms with Gasteiger partial charge < -0.3 is 79.7 Å². The van der Waals surface area contributed by atoms with E-state index in [0.717, 1.165) is 6.92 Å². The lowest BCUT2D eigenvalue weighted by Gasteiger charge is -2.30. The highest BCUT2D eigenvalue weighted by molar-refractivity contribution is 5.97. The third-order valence-electron chi connectivity index (χ3n) is 9.47. The molecule has 0 bridgehead atoms. The number of aliphatic imine (C=N–C) groups is 1. The number of rotatable bonds is 25. The number of carboxylic acids is 2. The Labute approximate surface area is 362 Å². The minimum Gasteiger partial charge on any atom is -0.481 e. The first-order valence-corrected chi connectivity index (χ1v) is 20.2. The molecular formula is C37H61N15O11. The fourth-order valence-corrected chi connectivity index (χ4v) is 6.26. The Morgan fingerprint density at radius 2 is 1.38 bits per heavy atom. The molecule has 1 aliphatic rings. The van der Waals surface area contributed by atoms with Crippen molar-refractivity contribution in [2.45, 2.75) is 114 Å². The lowest BCUT2D eigenvalue weighted by atomic mass is 10.1. The second-order valence-electron chi connectivity index (χ2n) is 14.6. The van der Waals surface area contributed by atoms with Crippen LogP contribution in [-0.2, 0) is 51.2 Å². The van der Waals surface area contributed by atoms with Gasteiger partial charge in [0.1, 0.15) is 36.3 Å². The van der Waals surface area contributed by atoms with E-state index in [0.29, 0.717) is 37.2 Å². The lowest BCUT2D eigenvalue weighted by molar-refractivity contribution is -0.144. The standard InChI is InChI=1S/C35H57N15O9.C2H4O2/c1-19(45-31(55)25(13-21-15-41-18-44-21)48-29(53)22(37)12-20-14-40-17-43-20)28(52)49-26(16-51)33(57)50-11-5-8-27(50)32(56)46-23(7-4-10-42-35(38)39)30(54)47-24(34(58)59)6-2-3-9-36;1-2(3)4/h14-15,17-19,22-27,51H,2-13,16,36-37H2,1H3,(H,40,43)(H,41,44)(H,45,55)(H,46,56)(H,47,54)(H,48,53)(H,49,52)(H,58,59)(H4,38,39,42);1H3,(H,3,4). The Hall–Kier alpha value is -6.67. The Kier molecular flexibility index (Phi) is 22.7. The van der Waals surface area contributed by atoms with E-state index in [1.807, 2.05) is 0 Å². The molecule has 1 fully saturated rings. The van der Waals surface area contributed by atoms with Crippen LogP contribution in [0.15, 0.2) is 30.0 Å². The van der Waals surface area contributed by atoms with Crippen molar-refractivity contribution in [3.8, 4) is 0 Å². The molecule has 1 aliphatic heterocycles. The average molecular weight is 892 g/mol. The number of nitrogens with zero attached hydrogens (tertiary/aromatic N) is 4. The van der Waals surface area contributed by atoms with Crippen molar-refractivity contribution >= 4 is 53.3 Å². The van der Waals surface area contributed by atoms with Crippen LogP contribution < -0.4 is 49.5 Å². The molecule has 7 unspecified atom stereocenters. The van der Waals surface area contributed by atoms with E-state index < -0.39 is 96.3 Å². The highest BCUT2D eigenvalue weighted by atomic mass is 16.4. The molecule has 0 spiro atoms. The number of likely N-dealkylation sites (tertiary alicyclic amines) is 1. The molecule has 2 aromatic heterocycles. The monoisotopic (exact) mass is 891 g/mol. The van der Waals surface area contributed by atoms with Gasteiger partial charge in [0.2, 0.25) is 35.4 Å². The van der Waals surface area contributed by atoms with Gasteiger partial charge in [0.15, 0.2) is 5.96 Å². The van der Waals surface area contributed by atoms with Crippen molar-refractivity contribution in [2.75, 3.05) is 26.2 Å². The molecule has 0 aliphatic carbocycles. The van der Waals surface area contributed by atoms with Crippen LogP contribution in [0.25, 0.3) is 0 Å². The number of amides is 6. The first-order chi connectivity index (χ1) is 29.9. The van der Waals surface area contributed by atoms with E-state index in [1.54, 1.807) is 0 Å². The molecule has 3 heterocycles. The van der Waals surface area contributed by atoms with Crippen LogP contribution in [0.1, 0.15) is 70.2 Å². The van der Waals surface area contributed by atoms with Gasteiger partial charge in [0.25, 0.3) is 5.97 Å². The van der Waals surface area contributed by atoms with Crippen molar-refractivity contribution < 1.29 is 53.7 Å². The molecule has 7 atom stereocenters. The van der Waals surface area contributed by atoms with E-state index in [1.165, 1.54) is 36.9 Å². The van der Waals surface area contributed by atoms with Crippen LogP contribution in [0.5, 0.6) is 0 Å². The molecule has 2 aromatic rings. The molecule has 0 saturated carbocycles. The van der Waals surface area contributed by atoms with Crippen molar-refractivity contribution in [1.29, 1.82) is 0 Å². The fourth-order valence-electron chi connectivity index (χ4n) is 6.26. The van der Waals surface area contributed by atoms with Gasteiger partial charge >= 0.3 is 5.97 Å². The molecule has 63 heavy (non-hydrogen) atoms. The largest absolute Gasteiger partial charge is 0.481 e. The number of H-pyrrole nitrogens is 2. The van der Waals surface area contributed by atoms with Gasteiger partial charge in [-0.15, -0.1) is 0 Å². The SMILES string of the molecule is CC(=O)O.CC(NC(=O)C(Cc1cnc[nH]1)NC(=O)C(N)Cc1cnc[nH]1)C(=O)NC(CO)C(=O)N1CCCC1C(=O)NC(CCCN=C(N)N)C(=O)NC(CCCCN)C(=O)O. The summed E-state index contributed by atoms with van der Waals surface area (Å²) in [5.74, 6) is -6.81. The predicted molar refractivity (Wildman–Crippen MR) is 223 cm³/mol. The number of nitrogens with one attached hydrogen (secondary N) is 7. The number of aromatic nitrogens is 4. The van der Waals surface area contributed by atoms with Gasteiger partial charge in [0.05, 0.1) is 25.3 Å². The number of aliphatic hydroxyl groups excluding tert-OH is 1. The second-order valence-corrected chi connectivity index (χ2v) is 14.6. The van der Waals surface area contributed by atoms with Gasteiger partial charge in [-0.25, -0.2) is 14.8 Å². The summed E-state index contributed by atoms with van der Waals surface area (Å²) in [6.07, 6.45) is 7.78. The number of guanidine groups is 1. The van der Waals surface area contributed by atoms with E-state index in [-0.39, 0.29) is 57.6 Å². The molecule has 0 aromatic carbocycles. The van der Waals surface area contributed by atoms with Crippen LogP contribution in [-0.4, -0.2) is 162 Å². The molecule has 26 heteroatoms. The van der Waals surface area contributed by atoms with E-state index in [4.69, 9.17) is 32.8 Å². The van der Waals surface area contributed by atoms with Gasteiger partial charge in [-0.1, -0.05) is 0 Å². The van der Waals surface area contributed by atoms with E-state index in [9.17, 15) is 43.8 Å². The van der Waals surface area contributed by atoms with E-state index >= 15 is 0 Å². The van der Waals surface area contributed by atoms with Crippen molar-refractivity contribution in [3.63, 3.8) is 0 Å². The van der Waals surface area contributed by atoms with Crippen LogP contribution in [0, 0.1) is 0 Å². The first-order valence-electron chi connectivity index (χ1n) is 20.2.